The molecule has 0 aliphatic rings. The smallest absolute Gasteiger partial charge is 0.255 e. The first kappa shape index (κ1) is 12.4. The Hall–Kier alpha value is -2.63. The third-order valence-electron chi connectivity index (χ3n) is 3.16. The van der Waals surface area contributed by atoms with Crippen molar-refractivity contribution in [3.05, 3.63) is 35.7 Å². The zero-order valence-corrected chi connectivity index (χ0v) is 11.6. The van der Waals surface area contributed by atoms with E-state index in [1.807, 2.05) is 36.4 Å². The molecule has 0 saturated carbocycles. The number of ether oxygens (including phenoxy) is 1. The van der Waals surface area contributed by atoms with Crippen LogP contribution >= 0.6 is 0 Å². The average Bonchev–Trinajstić information content (AvgIpc) is 2.82. The normalized spacial score (nSPS) is 10.9. The van der Waals surface area contributed by atoms with Gasteiger partial charge in [-0.3, -0.25) is 4.40 Å². The Morgan fingerprint density at radius 2 is 1.95 bits per heavy atom. The van der Waals surface area contributed by atoms with E-state index < -0.39 is 0 Å². The molecule has 20 heavy (non-hydrogen) atoms. The van der Waals surface area contributed by atoms with Crippen molar-refractivity contribution in [3.63, 3.8) is 0 Å². The predicted molar refractivity (Wildman–Crippen MR) is 76.7 cm³/mol. The van der Waals surface area contributed by atoms with Gasteiger partial charge in [0, 0.05) is 23.1 Å². The number of nitrogens with two attached hydrogens (primary N) is 1. The second kappa shape index (κ2) is 4.48. The highest BCUT2D eigenvalue weighted by atomic mass is 16.5. The van der Waals surface area contributed by atoms with Crippen molar-refractivity contribution in [2.45, 2.75) is 13.8 Å². The molecule has 0 aliphatic heterocycles. The number of nitrogen functional groups attached to an aromatic ring is 1. The number of rotatable bonds is 2. The molecule has 0 saturated heterocycles. The zero-order chi connectivity index (χ0) is 14.3. The number of nitrogens with zero attached hydrogens (tertiary/aromatic N) is 4. The molecule has 2 aromatic heterocycles. The van der Waals surface area contributed by atoms with Crippen molar-refractivity contribution in [1.29, 1.82) is 0 Å². The first-order chi connectivity index (χ1) is 9.60. The van der Waals surface area contributed by atoms with E-state index in [4.69, 9.17) is 10.5 Å². The van der Waals surface area contributed by atoms with Gasteiger partial charge < -0.3 is 10.5 Å². The van der Waals surface area contributed by atoms with E-state index in [-0.39, 0.29) is 0 Å². The lowest BCUT2D eigenvalue weighted by Gasteiger charge is -2.09. The van der Waals surface area contributed by atoms with Gasteiger partial charge in [0.05, 0.1) is 12.7 Å². The molecule has 0 aliphatic carbocycles. The summed E-state index contributed by atoms with van der Waals surface area (Å²) in [7, 11) is 1.61. The maximum atomic E-state index is 5.78. The molecular formula is C14H15N5O. The number of fused-ring (bicyclic) bond motifs is 1. The highest BCUT2D eigenvalue weighted by Gasteiger charge is 2.15. The fraction of sp³-hybridized carbons (Fsp3) is 0.214. The van der Waals surface area contributed by atoms with Gasteiger partial charge in [-0.2, -0.15) is 0 Å². The molecule has 6 heteroatoms. The van der Waals surface area contributed by atoms with E-state index in [0.717, 1.165) is 17.0 Å². The number of hydrogen-bond acceptors (Lipinski definition) is 5. The van der Waals surface area contributed by atoms with Crippen LogP contribution in [0, 0.1) is 13.8 Å². The molecule has 2 heterocycles. The van der Waals surface area contributed by atoms with Crippen LogP contribution in [0.2, 0.25) is 0 Å². The van der Waals surface area contributed by atoms with Crippen molar-refractivity contribution in [2.75, 3.05) is 12.8 Å². The van der Waals surface area contributed by atoms with Crippen LogP contribution in [-0.4, -0.2) is 26.7 Å². The second-order valence-electron chi connectivity index (χ2n) is 4.66. The lowest BCUT2D eigenvalue weighted by Crippen LogP contribution is -2.00. The monoisotopic (exact) mass is 269 g/mol. The first-order valence-corrected chi connectivity index (χ1v) is 6.23. The van der Waals surface area contributed by atoms with Gasteiger partial charge in [-0.1, -0.05) is 0 Å². The molecule has 3 aromatic rings. The Kier molecular flexibility index (Phi) is 2.78. The number of aromatic nitrogens is 4. The van der Waals surface area contributed by atoms with Crippen molar-refractivity contribution in [3.8, 4) is 17.1 Å². The third kappa shape index (κ3) is 1.85. The average molecular weight is 269 g/mol. The molecule has 1 aromatic carbocycles. The Labute approximate surface area is 116 Å². The lowest BCUT2D eigenvalue weighted by atomic mass is 10.1. The van der Waals surface area contributed by atoms with Gasteiger partial charge in [-0.15, -0.1) is 10.2 Å². The van der Waals surface area contributed by atoms with Gasteiger partial charge in [0.15, 0.2) is 5.82 Å². The molecule has 6 nitrogen and oxygen atoms in total. The van der Waals surface area contributed by atoms with Crippen molar-refractivity contribution >= 4 is 11.5 Å². The summed E-state index contributed by atoms with van der Waals surface area (Å²) in [4.78, 5) is 4.38. The van der Waals surface area contributed by atoms with Crippen LogP contribution < -0.4 is 10.5 Å². The Bertz CT molecular complexity index is 794. The molecule has 3 rings (SSSR count). The number of hydrogen-bond donors (Lipinski definition) is 1. The minimum absolute atomic E-state index is 0.580. The molecule has 0 unspecified atom stereocenters. The summed E-state index contributed by atoms with van der Waals surface area (Å²) >= 11 is 0. The minimum atomic E-state index is 0.580. The van der Waals surface area contributed by atoms with Crippen molar-refractivity contribution in [1.82, 2.24) is 19.6 Å². The van der Waals surface area contributed by atoms with E-state index in [0.29, 0.717) is 23.0 Å². The zero-order valence-electron chi connectivity index (χ0n) is 11.6. The lowest BCUT2D eigenvalue weighted by molar-refractivity contribution is 0.416. The van der Waals surface area contributed by atoms with Crippen LogP contribution in [0.25, 0.3) is 17.2 Å². The molecule has 0 radical (unpaired) electrons. The maximum absolute atomic E-state index is 5.78. The summed E-state index contributed by atoms with van der Waals surface area (Å²) in [5.74, 6) is 1.94. The van der Waals surface area contributed by atoms with Gasteiger partial charge in [0.2, 0.25) is 0 Å². The van der Waals surface area contributed by atoms with Gasteiger partial charge in [-0.05, 0) is 32.0 Å². The summed E-state index contributed by atoms with van der Waals surface area (Å²) in [5.41, 5.74) is 9.20. The van der Waals surface area contributed by atoms with E-state index in [1.165, 1.54) is 0 Å². The molecule has 0 atom stereocenters. The van der Waals surface area contributed by atoms with E-state index in [2.05, 4.69) is 15.2 Å². The standard InChI is InChI=1S/C14H15N5O/c1-8-6-9(2)19-13(17-18-14(19)16-8)11-5-4-10(15)7-12(11)20-3/h4-7H,15H2,1-3H3. The van der Waals surface area contributed by atoms with Crippen LogP contribution in [0.4, 0.5) is 5.69 Å². The van der Waals surface area contributed by atoms with Crippen molar-refractivity contribution in [2.24, 2.45) is 0 Å². The van der Waals surface area contributed by atoms with Gasteiger partial charge in [0.25, 0.3) is 5.78 Å². The van der Waals surface area contributed by atoms with Gasteiger partial charge in [-0.25, -0.2) is 4.98 Å². The molecule has 2 N–H and O–H groups in total. The van der Waals surface area contributed by atoms with Crippen LogP contribution in [0.1, 0.15) is 11.4 Å². The third-order valence-corrected chi connectivity index (χ3v) is 3.16. The second-order valence-corrected chi connectivity index (χ2v) is 4.66. The summed E-state index contributed by atoms with van der Waals surface area (Å²) in [6, 6.07) is 7.46. The number of benzene rings is 1. The molecule has 102 valence electrons. The quantitative estimate of drug-likeness (QED) is 0.720. The predicted octanol–water partition coefficient (Wildman–Crippen LogP) is 2.00. The molecule has 0 fully saturated rings. The Morgan fingerprint density at radius 3 is 2.70 bits per heavy atom. The summed E-state index contributed by atoms with van der Waals surface area (Å²) in [6.45, 7) is 3.93. The molecule has 0 amide bonds. The summed E-state index contributed by atoms with van der Waals surface area (Å²) in [6.07, 6.45) is 0. The highest BCUT2D eigenvalue weighted by molar-refractivity contribution is 5.69. The maximum Gasteiger partial charge on any atom is 0.255 e. The number of anilines is 1. The highest BCUT2D eigenvalue weighted by Crippen LogP contribution is 2.31. The first-order valence-electron chi connectivity index (χ1n) is 6.23. The Balaban J connectivity index is 2.30. The molecular weight excluding hydrogens is 254 g/mol. The van der Waals surface area contributed by atoms with Gasteiger partial charge in [0.1, 0.15) is 5.75 Å². The largest absolute Gasteiger partial charge is 0.496 e. The minimum Gasteiger partial charge on any atom is -0.496 e. The molecule has 0 bridgehead atoms. The number of aryl methyl sites for hydroxylation is 2. The van der Waals surface area contributed by atoms with E-state index in [1.54, 1.807) is 13.2 Å². The van der Waals surface area contributed by atoms with Gasteiger partial charge >= 0.3 is 0 Å². The Morgan fingerprint density at radius 1 is 1.15 bits per heavy atom. The fourth-order valence-corrected chi connectivity index (χ4v) is 2.30. The van der Waals surface area contributed by atoms with Crippen molar-refractivity contribution < 1.29 is 4.74 Å². The van der Waals surface area contributed by atoms with Crippen LogP contribution in [0.15, 0.2) is 24.3 Å². The van der Waals surface area contributed by atoms with E-state index >= 15 is 0 Å². The van der Waals surface area contributed by atoms with Crippen LogP contribution in [-0.2, 0) is 0 Å². The van der Waals surface area contributed by atoms with Crippen LogP contribution in [0.5, 0.6) is 5.75 Å². The summed E-state index contributed by atoms with van der Waals surface area (Å²) in [5, 5.41) is 8.37. The summed E-state index contributed by atoms with van der Waals surface area (Å²) < 4.78 is 7.28. The topological polar surface area (TPSA) is 78.3 Å². The van der Waals surface area contributed by atoms with Crippen LogP contribution in [0.3, 0.4) is 0 Å². The molecule has 0 spiro atoms. The van der Waals surface area contributed by atoms with E-state index in [9.17, 15) is 0 Å². The SMILES string of the molecule is COc1cc(N)ccc1-c1nnc2nc(C)cc(C)n12. The fourth-order valence-electron chi connectivity index (χ4n) is 2.30. The number of methoxy groups -OCH3 is 1.